The SMILES string of the molecule is CC(N)c1ccc(Oc2cc(F)c([N+](=O)[O-])cc2F)cc1. The Kier molecular flexibility index (Phi) is 4.13. The van der Waals surface area contributed by atoms with Crippen molar-refractivity contribution in [3.05, 3.63) is 63.7 Å². The highest BCUT2D eigenvalue weighted by atomic mass is 19.1. The molecule has 0 bridgehead atoms. The highest BCUT2D eigenvalue weighted by Gasteiger charge is 2.19. The highest BCUT2D eigenvalue weighted by molar-refractivity contribution is 5.42. The van der Waals surface area contributed by atoms with Crippen LogP contribution in [0, 0.1) is 21.7 Å². The molecular formula is C14H12F2N2O3. The van der Waals surface area contributed by atoms with Gasteiger partial charge in [-0.15, -0.1) is 0 Å². The van der Waals surface area contributed by atoms with Crippen LogP contribution in [0.25, 0.3) is 0 Å². The maximum absolute atomic E-state index is 13.7. The molecule has 0 aliphatic rings. The molecule has 2 aromatic carbocycles. The Morgan fingerprint density at radius 2 is 1.81 bits per heavy atom. The number of nitro groups is 1. The molecule has 2 N–H and O–H groups in total. The summed E-state index contributed by atoms with van der Waals surface area (Å²) in [5.41, 5.74) is 5.61. The van der Waals surface area contributed by atoms with Gasteiger partial charge in [0.1, 0.15) is 5.75 Å². The lowest BCUT2D eigenvalue weighted by Crippen LogP contribution is -2.04. The third kappa shape index (κ3) is 3.32. The second kappa shape index (κ2) is 5.84. The van der Waals surface area contributed by atoms with Crippen LogP contribution in [0.5, 0.6) is 11.5 Å². The van der Waals surface area contributed by atoms with E-state index in [0.717, 1.165) is 5.56 Å². The predicted molar refractivity (Wildman–Crippen MR) is 72.1 cm³/mol. The number of halogens is 2. The summed E-state index contributed by atoms with van der Waals surface area (Å²) in [6.07, 6.45) is 0. The summed E-state index contributed by atoms with van der Waals surface area (Å²) < 4.78 is 32.3. The van der Waals surface area contributed by atoms with E-state index in [0.29, 0.717) is 12.1 Å². The van der Waals surface area contributed by atoms with Gasteiger partial charge in [-0.2, -0.15) is 4.39 Å². The van der Waals surface area contributed by atoms with Crippen LogP contribution in [-0.4, -0.2) is 4.92 Å². The lowest BCUT2D eigenvalue weighted by Gasteiger charge is -2.09. The van der Waals surface area contributed by atoms with Crippen molar-refractivity contribution in [2.75, 3.05) is 0 Å². The molecule has 0 heterocycles. The van der Waals surface area contributed by atoms with Gasteiger partial charge in [-0.1, -0.05) is 12.1 Å². The van der Waals surface area contributed by atoms with E-state index in [1.807, 2.05) is 0 Å². The topological polar surface area (TPSA) is 78.4 Å². The van der Waals surface area contributed by atoms with Gasteiger partial charge in [0.05, 0.1) is 11.0 Å². The molecule has 1 atom stereocenters. The highest BCUT2D eigenvalue weighted by Crippen LogP contribution is 2.30. The van der Waals surface area contributed by atoms with Crippen molar-refractivity contribution < 1.29 is 18.4 Å². The number of nitro benzene ring substituents is 1. The maximum Gasteiger partial charge on any atom is 0.307 e. The van der Waals surface area contributed by atoms with Crippen LogP contribution in [0.3, 0.4) is 0 Å². The molecule has 5 nitrogen and oxygen atoms in total. The minimum atomic E-state index is -1.16. The zero-order valence-electron chi connectivity index (χ0n) is 11.0. The van der Waals surface area contributed by atoms with Crippen LogP contribution in [0.4, 0.5) is 14.5 Å². The number of rotatable bonds is 4. The Bertz CT molecular complexity index is 673. The van der Waals surface area contributed by atoms with Gasteiger partial charge >= 0.3 is 5.69 Å². The minimum absolute atomic E-state index is 0.160. The summed E-state index contributed by atoms with van der Waals surface area (Å²) in [7, 11) is 0. The summed E-state index contributed by atoms with van der Waals surface area (Å²) in [6.45, 7) is 1.81. The molecule has 0 saturated heterocycles. The average molecular weight is 294 g/mol. The molecular weight excluding hydrogens is 282 g/mol. The van der Waals surface area contributed by atoms with E-state index >= 15 is 0 Å². The third-order valence-electron chi connectivity index (χ3n) is 2.83. The van der Waals surface area contributed by atoms with Crippen molar-refractivity contribution in [2.24, 2.45) is 5.73 Å². The van der Waals surface area contributed by atoms with Crippen LogP contribution >= 0.6 is 0 Å². The zero-order chi connectivity index (χ0) is 15.6. The molecule has 0 aliphatic carbocycles. The molecule has 110 valence electrons. The van der Waals surface area contributed by atoms with Gasteiger partial charge in [-0.05, 0) is 24.6 Å². The smallest absolute Gasteiger partial charge is 0.307 e. The largest absolute Gasteiger partial charge is 0.454 e. The zero-order valence-corrected chi connectivity index (χ0v) is 11.0. The predicted octanol–water partition coefficient (Wildman–Crippen LogP) is 3.69. The molecule has 0 spiro atoms. The van der Waals surface area contributed by atoms with Crippen molar-refractivity contribution in [3.8, 4) is 11.5 Å². The monoisotopic (exact) mass is 294 g/mol. The number of hydrogen-bond acceptors (Lipinski definition) is 4. The second-order valence-electron chi connectivity index (χ2n) is 4.45. The van der Waals surface area contributed by atoms with E-state index in [4.69, 9.17) is 10.5 Å². The van der Waals surface area contributed by atoms with Crippen LogP contribution in [0.1, 0.15) is 18.5 Å². The first-order valence-corrected chi connectivity index (χ1v) is 6.05. The Morgan fingerprint density at radius 3 is 2.33 bits per heavy atom. The fraction of sp³-hybridized carbons (Fsp3) is 0.143. The number of ether oxygens (including phenoxy) is 1. The molecule has 2 rings (SSSR count). The summed E-state index contributed by atoms with van der Waals surface area (Å²) in [5.74, 6) is -2.33. The molecule has 21 heavy (non-hydrogen) atoms. The van der Waals surface area contributed by atoms with Crippen molar-refractivity contribution in [1.29, 1.82) is 0 Å². The molecule has 0 saturated carbocycles. The Labute approximate surface area is 119 Å². The van der Waals surface area contributed by atoms with Gasteiger partial charge in [0.2, 0.25) is 5.82 Å². The van der Waals surface area contributed by atoms with Crippen molar-refractivity contribution in [2.45, 2.75) is 13.0 Å². The summed E-state index contributed by atoms with van der Waals surface area (Å²) in [5, 5.41) is 10.5. The van der Waals surface area contributed by atoms with Gasteiger partial charge < -0.3 is 10.5 Å². The molecule has 7 heteroatoms. The third-order valence-corrected chi connectivity index (χ3v) is 2.83. The first-order chi connectivity index (χ1) is 9.88. The molecule has 0 aliphatic heterocycles. The lowest BCUT2D eigenvalue weighted by atomic mass is 10.1. The molecule has 0 aromatic heterocycles. The number of benzene rings is 2. The van der Waals surface area contributed by atoms with E-state index < -0.39 is 28.0 Å². The lowest BCUT2D eigenvalue weighted by molar-refractivity contribution is -0.387. The van der Waals surface area contributed by atoms with Crippen LogP contribution < -0.4 is 10.5 Å². The molecule has 0 amide bonds. The van der Waals surface area contributed by atoms with Gasteiger partial charge in [0.25, 0.3) is 0 Å². The van der Waals surface area contributed by atoms with Gasteiger partial charge in [-0.3, -0.25) is 10.1 Å². The van der Waals surface area contributed by atoms with E-state index in [1.165, 1.54) is 0 Å². The summed E-state index contributed by atoms with van der Waals surface area (Å²) in [4.78, 5) is 9.49. The van der Waals surface area contributed by atoms with E-state index in [2.05, 4.69) is 0 Å². The van der Waals surface area contributed by atoms with Gasteiger partial charge in [0.15, 0.2) is 11.6 Å². The van der Waals surface area contributed by atoms with Crippen molar-refractivity contribution >= 4 is 5.69 Å². The van der Waals surface area contributed by atoms with Crippen LogP contribution in [0.2, 0.25) is 0 Å². The van der Waals surface area contributed by atoms with Crippen LogP contribution in [-0.2, 0) is 0 Å². The van der Waals surface area contributed by atoms with E-state index in [9.17, 15) is 18.9 Å². The first kappa shape index (κ1) is 14.9. The fourth-order valence-corrected chi connectivity index (χ4v) is 1.70. The number of nitrogens with two attached hydrogens (primary N) is 1. The van der Waals surface area contributed by atoms with Gasteiger partial charge in [-0.25, -0.2) is 4.39 Å². The normalized spacial score (nSPS) is 12.0. The Morgan fingerprint density at radius 1 is 1.19 bits per heavy atom. The summed E-state index contributed by atoms with van der Waals surface area (Å²) in [6, 6.07) is 7.47. The molecule has 0 fully saturated rings. The van der Waals surface area contributed by atoms with Crippen molar-refractivity contribution in [3.63, 3.8) is 0 Å². The van der Waals surface area contributed by atoms with Gasteiger partial charge in [0, 0.05) is 12.1 Å². The molecule has 1 unspecified atom stereocenters. The Balaban J connectivity index is 2.27. The first-order valence-electron chi connectivity index (χ1n) is 6.05. The van der Waals surface area contributed by atoms with E-state index in [1.54, 1.807) is 31.2 Å². The minimum Gasteiger partial charge on any atom is -0.454 e. The summed E-state index contributed by atoms with van der Waals surface area (Å²) >= 11 is 0. The molecule has 2 aromatic rings. The van der Waals surface area contributed by atoms with Crippen molar-refractivity contribution in [1.82, 2.24) is 0 Å². The molecule has 0 radical (unpaired) electrons. The van der Waals surface area contributed by atoms with E-state index in [-0.39, 0.29) is 11.8 Å². The Hall–Kier alpha value is -2.54. The fourth-order valence-electron chi connectivity index (χ4n) is 1.70. The maximum atomic E-state index is 13.7. The average Bonchev–Trinajstić information content (AvgIpc) is 2.42. The standard InChI is InChI=1S/C14H12F2N2O3/c1-8(17)9-2-4-10(5-3-9)21-14-7-11(15)13(18(19)20)6-12(14)16/h2-8H,17H2,1H3. The number of hydrogen-bond donors (Lipinski definition) is 1. The second-order valence-corrected chi connectivity index (χ2v) is 4.45. The quantitative estimate of drug-likeness (QED) is 0.689. The number of nitrogens with zero attached hydrogens (tertiary/aromatic N) is 1. The van der Waals surface area contributed by atoms with Crippen LogP contribution in [0.15, 0.2) is 36.4 Å².